The van der Waals surface area contributed by atoms with E-state index in [9.17, 15) is 9.90 Å². The van der Waals surface area contributed by atoms with Gasteiger partial charge in [0.05, 0.1) is 12.1 Å². The molecule has 1 heterocycles. The van der Waals surface area contributed by atoms with E-state index in [2.05, 4.69) is 0 Å². The molecule has 17 heavy (non-hydrogen) atoms. The summed E-state index contributed by atoms with van der Waals surface area (Å²) < 4.78 is 5.33. The lowest BCUT2D eigenvalue weighted by Gasteiger charge is -2.34. The average Bonchev–Trinajstić information content (AvgIpc) is 2.60. The largest absolute Gasteiger partial charge is 0.444 e. The highest BCUT2D eigenvalue weighted by Crippen LogP contribution is 2.26. The summed E-state index contributed by atoms with van der Waals surface area (Å²) in [6.45, 7) is 6.77. The van der Waals surface area contributed by atoms with Crippen LogP contribution in [0.1, 0.15) is 27.2 Å². The Bertz CT molecular complexity index is 286. The third-order valence-corrected chi connectivity index (χ3v) is 3.23. The SMILES string of the molecule is CN(C)C1(CO)CCN(C(=O)OC(C)(C)C)C1. The number of hydrogen-bond acceptors (Lipinski definition) is 4. The Morgan fingerprint density at radius 1 is 1.47 bits per heavy atom. The molecule has 100 valence electrons. The van der Waals surface area contributed by atoms with Crippen LogP contribution in [0.3, 0.4) is 0 Å². The van der Waals surface area contributed by atoms with Crippen molar-refractivity contribution in [2.75, 3.05) is 33.8 Å². The summed E-state index contributed by atoms with van der Waals surface area (Å²) >= 11 is 0. The number of hydrogen-bond donors (Lipinski definition) is 1. The number of carbonyl (C=O) groups is 1. The summed E-state index contributed by atoms with van der Waals surface area (Å²) in [4.78, 5) is 15.5. The molecule has 1 atom stereocenters. The molecule has 0 radical (unpaired) electrons. The minimum atomic E-state index is -0.473. The standard InChI is InChI=1S/C12H24N2O3/c1-11(2,3)17-10(16)14-7-6-12(8-14,9-15)13(4)5/h15H,6-9H2,1-5H3. The van der Waals surface area contributed by atoms with Crippen LogP contribution in [-0.4, -0.2) is 65.9 Å². The average molecular weight is 244 g/mol. The highest BCUT2D eigenvalue weighted by Gasteiger charge is 2.42. The maximum atomic E-state index is 11.9. The maximum Gasteiger partial charge on any atom is 0.410 e. The maximum absolute atomic E-state index is 11.9. The highest BCUT2D eigenvalue weighted by molar-refractivity contribution is 5.68. The predicted molar refractivity (Wildman–Crippen MR) is 65.9 cm³/mol. The Morgan fingerprint density at radius 3 is 2.41 bits per heavy atom. The van der Waals surface area contributed by atoms with Crippen LogP contribution in [0.5, 0.6) is 0 Å². The van der Waals surface area contributed by atoms with Gasteiger partial charge in [0, 0.05) is 13.1 Å². The molecule has 1 aliphatic rings. The van der Waals surface area contributed by atoms with Gasteiger partial charge in [0.25, 0.3) is 0 Å². The summed E-state index contributed by atoms with van der Waals surface area (Å²) in [6.07, 6.45) is 0.477. The second-order valence-electron chi connectivity index (χ2n) is 5.93. The first kappa shape index (κ1) is 14.3. The summed E-state index contributed by atoms with van der Waals surface area (Å²) in [5.74, 6) is 0. The minimum Gasteiger partial charge on any atom is -0.444 e. The minimum absolute atomic E-state index is 0.0549. The lowest BCUT2D eigenvalue weighted by molar-refractivity contribution is 0.0222. The number of rotatable bonds is 2. The summed E-state index contributed by atoms with van der Waals surface area (Å²) in [6, 6.07) is 0. The Hall–Kier alpha value is -0.810. The molecule has 1 rings (SSSR count). The second kappa shape index (κ2) is 4.82. The van der Waals surface area contributed by atoms with E-state index in [1.807, 2.05) is 39.8 Å². The van der Waals surface area contributed by atoms with E-state index in [0.717, 1.165) is 6.42 Å². The van der Waals surface area contributed by atoms with Gasteiger partial charge in [-0.25, -0.2) is 4.79 Å². The number of aliphatic hydroxyl groups is 1. The number of carbonyl (C=O) groups excluding carboxylic acids is 1. The number of aliphatic hydroxyl groups excluding tert-OH is 1. The van der Waals surface area contributed by atoms with Gasteiger partial charge < -0.3 is 14.7 Å². The van der Waals surface area contributed by atoms with Crippen LogP contribution in [0.4, 0.5) is 4.79 Å². The van der Waals surface area contributed by atoms with Crippen molar-refractivity contribution < 1.29 is 14.6 Å². The molecule has 1 N–H and O–H groups in total. The Labute approximate surface area is 103 Å². The first-order valence-corrected chi connectivity index (χ1v) is 5.96. The molecule has 1 unspecified atom stereocenters. The first-order valence-electron chi connectivity index (χ1n) is 5.96. The van der Waals surface area contributed by atoms with Crippen LogP contribution < -0.4 is 0 Å². The molecule has 0 aromatic carbocycles. The van der Waals surface area contributed by atoms with Crippen molar-refractivity contribution in [2.24, 2.45) is 0 Å². The van der Waals surface area contributed by atoms with E-state index < -0.39 is 5.60 Å². The van der Waals surface area contributed by atoms with Crippen LogP contribution in [0.2, 0.25) is 0 Å². The van der Waals surface area contributed by atoms with Gasteiger partial charge in [-0.3, -0.25) is 4.90 Å². The Morgan fingerprint density at radius 2 is 2.06 bits per heavy atom. The molecule has 1 fully saturated rings. The van der Waals surface area contributed by atoms with Crippen molar-refractivity contribution in [3.05, 3.63) is 0 Å². The summed E-state index contributed by atoms with van der Waals surface area (Å²) in [7, 11) is 3.85. The normalized spacial score (nSPS) is 25.5. The number of likely N-dealkylation sites (N-methyl/N-ethyl adjacent to an activating group) is 1. The van der Waals surface area contributed by atoms with Crippen molar-refractivity contribution in [2.45, 2.75) is 38.3 Å². The van der Waals surface area contributed by atoms with E-state index in [1.54, 1.807) is 4.90 Å². The van der Waals surface area contributed by atoms with Crippen LogP contribution in [0.25, 0.3) is 0 Å². The van der Waals surface area contributed by atoms with Gasteiger partial charge in [-0.15, -0.1) is 0 Å². The molecule has 1 amide bonds. The predicted octanol–water partition coefficient (Wildman–Crippen LogP) is 0.920. The molecular weight excluding hydrogens is 220 g/mol. The fourth-order valence-electron chi connectivity index (χ4n) is 1.97. The molecule has 0 aromatic rings. The Balaban J connectivity index is 2.64. The summed E-state index contributed by atoms with van der Waals surface area (Å²) in [5, 5.41) is 9.50. The Kier molecular flexibility index (Phi) is 4.04. The molecule has 0 aromatic heterocycles. The topological polar surface area (TPSA) is 53.0 Å². The highest BCUT2D eigenvalue weighted by atomic mass is 16.6. The van der Waals surface area contributed by atoms with Crippen LogP contribution >= 0.6 is 0 Å². The zero-order valence-corrected chi connectivity index (χ0v) is 11.5. The van der Waals surface area contributed by atoms with Crippen molar-refractivity contribution in [3.63, 3.8) is 0 Å². The van der Waals surface area contributed by atoms with Crippen LogP contribution in [-0.2, 0) is 4.74 Å². The molecular formula is C12H24N2O3. The number of nitrogens with zero attached hydrogens (tertiary/aromatic N) is 2. The molecule has 1 aliphatic heterocycles. The third-order valence-electron chi connectivity index (χ3n) is 3.23. The van der Waals surface area contributed by atoms with Gasteiger partial charge >= 0.3 is 6.09 Å². The lowest BCUT2D eigenvalue weighted by atomic mass is 9.99. The molecule has 0 spiro atoms. The van der Waals surface area contributed by atoms with E-state index in [4.69, 9.17) is 4.74 Å². The van der Waals surface area contributed by atoms with Gasteiger partial charge in [0.15, 0.2) is 0 Å². The smallest absolute Gasteiger partial charge is 0.410 e. The van der Waals surface area contributed by atoms with Gasteiger partial charge in [0.1, 0.15) is 5.60 Å². The first-order chi connectivity index (χ1) is 7.70. The van der Waals surface area contributed by atoms with Gasteiger partial charge in [-0.2, -0.15) is 0 Å². The fourth-order valence-corrected chi connectivity index (χ4v) is 1.97. The second-order valence-corrected chi connectivity index (χ2v) is 5.93. The number of ether oxygens (including phenoxy) is 1. The lowest BCUT2D eigenvalue weighted by Crippen LogP contribution is -2.50. The van der Waals surface area contributed by atoms with Gasteiger partial charge in [-0.05, 0) is 41.3 Å². The third kappa shape index (κ3) is 3.33. The molecule has 0 bridgehead atoms. The van der Waals surface area contributed by atoms with Gasteiger partial charge in [0.2, 0.25) is 0 Å². The molecule has 5 heteroatoms. The van der Waals surface area contributed by atoms with E-state index in [-0.39, 0.29) is 18.2 Å². The van der Waals surface area contributed by atoms with Crippen molar-refractivity contribution >= 4 is 6.09 Å². The molecule has 0 saturated carbocycles. The van der Waals surface area contributed by atoms with Crippen LogP contribution in [0.15, 0.2) is 0 Å². The molecule has 0 aliphatic carbocycles. The zero-order valence-electron chi connectivity index (χ0n) is 11.5. The molecule has 5 nitrogen and oxygen atoms in total. The van der Waals surface area contributed by atoms with Crippen molar-refractivity contribution in [3.8, 4) is 0 Å². The van der Waals surface area contributed by atoms with Crippen molar-refractivity contribution in [1.29, 1.82) is 0 Å². The quantitative estimate of drug-likeness (QED) is 0.785. The number of likely N-dealkylation sites (tertiary alicyclic amines) is 1. The monoisotopic (exact) mass is 244 g/mol. The van der Waals surface area contributed by atoms with Gasteiger partial charge in [-0.1, -0.05) is 0 Å². The van der Waals surface area contributed by atoms with Crippen molar-refractivity contribution in [1.82, 2.24) is 9.80 Å². The fraction of sp³-hybridized carbons (Fsp3) is 0.917. The zero-order chi connectivity index (χ0) is 13.3. The van der Waals surface area contributed by atoms with Crippen LogP contribution in [0, 0.1) is 0 Å². The number of amides is 1. The van der Waals surface area contributed by atoms with E-state index in [1.165, 1.54) is 0 Å². The van der Waals surface area contributed by atoms with E-state index in [0.29, 0.717) is 13.1 Å². The summed E-state index contributed by atoms with van der Waals surface area (Å²) in [5.41, 5.74) is -0.795. The van der Waals surface area contributed by atoms with E-state index >= 15 is 0 Å². The molecule has 1 saturated heterocycles.